The summed E-state index contributed by atoms with van der Waals surface area (Å²) < 4.78 is 6.20. The third kappa shape index (κ3) is 3.09. The Kier molecular flexibility index (Phi) is 4.45. The van der Waals surface area contributed by atoms with Gasteiger partial charge in [0, 0.05) is 44.8 Å². The number of carbonyl (C=O) groups excluding carboxylic acids is 1. The Morgan fingerprint density at radius 1 is 1.27 bits per heavy atom. The summed E-state index contributed by atoms with van der Waals surface area (Å²) in [6, 6.07) is 9.53. The first-order valence-electron chi connectivity index (χ1n) is 8.68. The maximum Gasteiger partial charge on any atom is 0.254 e. The molecule has 0 bridgehead atoms. The number of amides is 1. The normalized spacial score (nSPS) is 14.4. The molecule has 1 aliphatic rings. The largest absolute Gasteiger partial charge is 0.453 e. The minimum atomic E-state index is -0.173. The van der Waals surface area contributed by atoms with Crippen LogP contribution in [0.5, 0.6) is 11.5 Å². The summed E-state index contributed by atoms with van der Waals surface area (Å²) in [6.45, 7) is 3.53. The number of pyridine rings is 1. The van der Waals surface area contributed by atoms with E-state index in [0.717, 1.165) is 42.9 Å². The number of nitrogens with one attached hydrogen (secondary N) is 3. The van der Waals surface area contributed by atoms with E-state index in [0.29, 0.717) is 17.1 Å². The molecule has 7 nitrogen and oxygen atoms in total. The summed E-state index contributed by atoms with van der Waals surface area (Å²) in [5.41, 5.74) is 2.23. The van der Waals surface area contributed by atoms with Gasteiger partial charge in [0.15, 0.2) is 5.75 Å². The molecule has 2 aromatic heterocycles. The Hall–Kier alpha value is -3.06. The van der Waals surface area contributed by atoms with Crippen LogP contribution in [0.3, 0.4) is 0 Å². The van der Waals surface area contributed by atoms with Crippen molar-refractivity contribution in [2.75, 3.05) is 38.1 Å². The Bertz CT molecular complexity index is 931. The molecule has 0 radical (unpaired) electrons. The van der Waals surface area contributed by atoms with E-state index in [1.54, 1.807) is 19.3 Å². The predicted molar refractivity (Wildman–Crippen MR) is 101 cm³/mol. The van der Waals surface area contributed by atoms with Crippen LogP contribution in [0.15, 0.2) is 42.7 Å². The van der Waals surface area contributed by atoms with E-state index >= 15 is 0 Å². The van der Waals surface area contributed by atoms with Crippen molar-refractivity contribution in [3.05, 3.63) is 48.3 Å². The van der Waals surface area contributed by atoms with Crippen LogP contribution < -0.4 is 20.3 Å². The molecule has 1 amide bonds. The van der Waals surface area contributed by atoms with E-state index in [1.807, 2.05) is 30.5 Å². The number of anilines is 1. The van der Waals surface area contributed by atoms with Crippen LogP contribution in [0.25, 0.3) is 11.0 Å². The van der Waals surface area contributed by atoms with Crippen molar-refractivity contribution in [3.63, 3.8) is 0 Å². The number of aromatic amines is 1. The summed E-state index contributed by atoms with van der Waals surface area (Å²) in [7, 11) is 1.62. The second kappa shape index (κ2) is 7.05. The fraction of sp³-hybridized carbons (Fsp3) is 0.263. The molecule has 0 unspecified atom stereocenters. The highest BCUT2D eigenvalue weighted by Crippen LogP contribution is 2.36. The van der Waals surface area contributed by atoms with Gasteiger partial charge in [0.1, 0.15) is 11.4 Å². The molecule has 3 heterocycles. The lowest BCUT2D eigenvalue weighted by Crippen LogP contribution is -2.43. The first kappa shape index (κ1) is 16.4. The Morgan fingerprint density at radius 3 is 2.92 bits per heavy atom. The fourth-order valence-corrected chi connectivity index (χ4v) is 3.19. The number of fused-ring (bicyclic) bond motifs is 1. The van der Waals surface area contributed by atoms with Gasteiger partial charge in [-0.3, -0.25) is 4.79 Å². The summed E-state index contributed by atoms with van der Waals surface area (Å²) in [5, 5.41) is 7.00. The molecular formula is C19H21N5O2. The third-order valence-corrected chi connectivity index (χ3v) is 4.52. The molecule has 1 fully saturated rings. The molecule has 0 spiro atoms. The molecule has 0 aliphatic carbocycles. The van der Waals surface area contributed by atoms with Crippen LogP contribution >= 0.6 is 0 Å². The molecule has 0 atom stereocenters. The summed E-state index contributed by atoms with van der Waals surface area (Å²) in [4.78, 5) is 22.1. The molecule has 1 aromatic carbocycles. The quantitative estimate of drug-likeness (QED) is 0.671. The molecule has 134 valence electrons. The number of benzene rings is 1. The van der Waals surface area contributed by atoms with Crippen LogP contribution in [0.1, 0.15) is 10.4 Å². The summed E-state index contributed by atoms with van der Waals surface area (Å²) in [5.74, 6) is 0.989. The number of rotatable bonds is 4. The van der Waals surface area contributed by atoms with Crippen LogP contribution in [-0.2, 0) is 0 Å². The second-order valence-corrected chi connectivity index (χ2v) is 6.16. The number of hydrogen-bond acceptors (Lipinski definition) is 5. The van der Waals surface area contributed by atoms with Crippen molar-refractivity contribution in [2.45, 2.75) is 0 Å². The van der Waals surface area contributed by atoms with Crippen molar-refractivity contribution >= 4 is 22.6 Å². The number of ether oxygens (including phenoxy) is 1. The average Bonchev–Trinajstić information content (AvgIpc) is 3.16. The molecule has 3 aromatic rings. The van der Waals surface area contributed by atoms with Gasteiger partial charge in [-0.1, -0.05) is 6.07 Å². The van der Waals surface area contributed by atoms with Crippen molar-refractivity contribution in [1.82, 2.24) is 20.6 Å². The van der Waals surface area contributed by atoms with Crippen LogP contribution in [-0.4, -0.2) is 49.1 Å². The van der Waals surface area contributed by atoms with Gasteiger partial charge in [-0.2, -0.15) is 0 Å². The van der Waals surface area contributed by atoms with E-state index < -0.39 is 0 Å². The minimum absolute atomic E-state index is 0.173. The highest BCUT2D eigenvalue weighted by molar-refractivity contribution is 5.99. The van der Waals surface area contributed by atoms with Gasteiger partial charge >= 0.3 is 0 Å². The number of nitrogens with zero attached hydrogens (tertiary/aromatic N) is 2. The first-order chi connectivity index (χ1) is 12.8. The third-order valence-electron chi connectivity index (χ3n) is 4.52. The zero-order valence-electron chi connectivity index (χ0n) is 14.6. The number of carbonyl (C=O) groups is 1. The monoisotopic (exact) mass is 351 g/mol. The number of piperazine rings is 1. The van der Waals surface area contributed by atoms with Gasteiger partial charge < -0.3 is 25.3 Å². The number of aromatic nitrogens is 2. The summed E-state index contributed by atoms with van der Waals surface area (Å²) >= 11 is 0. The minimum Gasteiger partial charge on any atom is -0.453 e. The lowest BCUT2D eigenvalue weighted by molar-refractivity contribution is 0.0961. The van der Waals surface area contributed by atoms with Crippen LogP contribution in [0, 0.1) is 0 Å². The van der Waals surface area contributed by atoms with Gasteiger partial charge in [0.25, 0.3) is 5.91 Å². The Balaban J connectivity index is 1.76. The zero-order chi connectivity index (χ0) is 17.9. The highest BCUT2D eigenvalue weighted by Gasteiger charge is 2.21. The topological polar surface area (TPSA) is 82.3 Å². The molecule has 0 saturated carbocycles. The van der Waals surface area contributed by atoms with Gasteiger partial charge in [-0.15, -0.1) is 0 Å². The van der Waals surface area contributed by atoms with E-state index in [-0.39, 0.29) is 5.91 Å². The maximum atomic E-state index is 12.4. The van der Waals surface area contributed by atoms with E-state index in [9.17, 15) is 4.79 Å². The van der Waals surface area contributed by atoms with Crippen molar-refractivity contribution in [2.24, 2.45) is 0 Å². The Labute approximate surface area is 151 Å². The predicted octanol–water partition coefficient (Wildman–Crippen LogP) is 2.12. The summed E-state index contributed by atoms with van der Waals surface area (Å²) in [6.07, 6.45) is 3.51. The molecule has 1 saturated heterocycles. The first-order valence-corrected chi connectivity index (χ1v) is 8.68. The molecule has 1 aliphatic heterocycles. The van der Waals surface area contributed by atoms with E-state index in [1.165, 1.54) is 0 Å². The lowest BCUT2D eigenvalue weighted by Gasteiger charge is -2.31. The lowest BCUT2D eigenvalue weighted by atomic mass is 10.1. The number of hydrogen-bond donors (Lipinski definition) is 3. The second-order valence-electron chi connectivity index (χ2n) is 6.16. The van der Waals surface area contributed by atoms with Gasteiger partial charge in [-0.25, -0.2) is 4.98 Å². The van der Waals surface area contributed by atoms with Crippen molar-refractivity contribution in [1.29, 1.82) is 0 Å². The zero-order valence-corrected chi connectivity index (χ0v) is 14.6. The molecule has 26 heavy (non-hydrogen) atoms. The van der Waals surface area contributed by atoms with E-state index in [4.69, 9.17) is 4.74 Å². The smallest absolute Gasteiger partial charge is 0.254 e. The van der Waals surface area contributed by atoms with Crippen LogP contribution in [0.2, 0.25) is 0 Å². The standard InChI is InChI=1S/C19H21N5O2/c1-20-19(25)15-3-2-4-16(24-9-7-21-8-10-24)17(15)26-14-11-13-5-6-22-18(13)23-12-14/h2-6,11-12,21H,7-10H2,1H3,(H,20,25)(H,22,23). The molecule has 7 heteroatoms. The maximum absolute atomic E-state index is 12.4. The molecule has 3 N–H and O–H groups in total. The SMILES string of the molecule is CNC(=O)c1cccc(N2CCNCC2)c1Oc1cnc2[nH]ccc2c1. The van der Waals surface area contributed by atoms with Crippen molar-refractivity contribution in [3.8, 4) is 11.5 Å². The Morgan fingerprint density at radius 2 is 2.12 bits per heavy atom. The van der Waals surface area contributed by atoms with Gasteiger partial charge in [0.2, 0.25) is 0 Å². The number of H-pyrrole nitrogens is 1. The van der Waals surface area contributed by atoms with Crippen molar-refractivity contribution < 1.29 is 9.53 Å². The van der Waals surface area contributed by atoms with Crippen LogP contribution in [0.4, 0.5) is 5.69 Å². The number of para-hydroxylation sites is 1. The molecule has 4 rings (SSSR count). The molecular weight excluding hydrogens is 330 g/mol. The average molecular weight is 351 g/mol. The van der Waals surface area contributed by atoms with Gasteiger partial charge in [-0.05, 0) is 24.3 Å². The highest BCUT2D eigenvalue weighted by atomic mass is 16.5. The van der Waals surface area contributed by atoms with E-state index in [2.05, 4.69) is 25.5 Å². The fourth-order valence-electron chi connectivity index (χ4n) is 3.19. The van der Waals surface area contributed by atoms with Gasteiger partial charge in [0.05, 0.1) is 17.4 Å².